The predicted molar refractivity (Wildman–Crippen MR) is 115 cm³/mol. The summed E-state index contributed by atoms with van der Waals surface area (Å²) in [5.41, 5.74) is 0. The molecule has 1 aromatic carbocycles. The summed E-state index contributed by atoms with van der Waals surface area (Å²) in [5, 5.41) is 0.534. The van der Waals surface area contributed by atoms with Crippen LogP contribution in [0.15, 0.2) is 41.8 Å². The lowest BCUT2D eigenvalue weighted by Gasteiger charge is -2.34. The average molecular weight is 429 g/mol. The maximum atomic E-state index is 12.8. The Morgan fingerprint density at radius 3 is 2.39 bits per heavy atom. The molecule has 0 spiro atoms. The molecule has 28 heavy (non-hydrogen) atoms. The molecule has 0 unspecified atom stereocenters. The van der Waals surface area contributed by atoms with Crippen LogP contribution in [0.5, 0.6) is 0 Å². The quantitative estimate of drug-likeness (QED) is 0.391. The van der Waals surface area contributed by atoms with Gasteiger partial charge < -0.3 is 9.64 Å². The van der Waals surface area contributed by atoms with E-state index in [0.29, 0.717) is 9.92 Å². The molecule has 1 aliphatic rings. The number of rotatable bonds is 11. The van der Waals surface area contributed by atoms with Gasteiger partial charge in [-0.3, -0.25) is 0 Å². The highest BCUT2D eigenvalue weighted by Gasteiger charge is 2.31. The zero-order valence-electron chi connectivity index (χ0n) is 17.0. The number of halogens is 1. The van der Waals surface area contributed by atoms with Gasteiger partial charge in [0.25, 0.3) is 0 Å². The molecule has 0 aromatic heterocycles. The Kier molecular flexibility index (Phi) is 9.44. The molecule has 0 bridgehead atoms. The average Bonchev–Trinajstić information content (AvgIpc) is 2.68. The van der Waals surface area contributed by atoms with Gasteiger partial charge in [-0.1, -0.05) is 17.7 Å². The van der Waals surface area contributed by atoms with Crippen molar-refractivity contribution in [1.82, 2.24) is 9.21 Å². The molecule has 0 N–H and O–H groups in total. The highest BCUT2D eigenvalue weighted by Crippen LogP contribution is 2.28. The molecule has 158 valence electrons. The molecule has 0 amide bonds. The molecule has 1 saturated carbocycles. The van der Waals surface area contributed by atoms with Crippen molar-refractivity contribution in [3.8, 4) is 0 Å². The smallest absolute Gasteiger partial charge is 0.243 e. The van der Waals surface area contributed by atoms with E-state index in [-0.39, 0.29) is 12.1 Å². The van der Waals surface area contributed by atoms with Crippen LogP contribution in [0.3, 0.4) is 0 Å². The van der Waals surface area contributed by atoms with E-state index in [1.807, 2.05) is 6.08 Å². The van der Waals surface area contributed by atoms with Crippen molar-refractivity contribution in [3.05, 3.63) is 41.9 Å². The van der Waals surface area contributed by atoms with Gasteiger partial charge in [-0.05, 0) is 76.4 Å². The highest BCUT2D eigenvalue weighted by atomic mass is 35.5. The summed E-state index contributed by atoms with van der Waals surface area (Å²) in [6.45, 7) is 6.49. The number of nitrogens with zero attached hydrogens (tertiary/aromatic N) is 2. The number of sulfonamides is 1. The van der Waals surface area contributed by atoms with Crippen LogP contribution < -0.4 is 0 Å². The first-order chi connectivity index (χ1) is 13.3. The lowest BCUT2D eigenvalue weighted by atomic mass is 9.93. The van der Waals surface area contributed by atoms with Gasteiger partial charge in [0.15, 0.2) is 0 Å². The summed E-state index contributed by atoms with van der Waals surface area (Å²) in [6.07, 6.45) is 7.79. The number of hydrogen-bond acceptors (Lipinski definition) is 4. The topological polar surface area (TPSA) is 49.9 Å². The third-order valence-corrected chi connectivity index (χ3v) is 7.55. The van der Waals surface area contributed by atoms with Gasteiger partial charge in [0.2, 0.25) is 10.0 Å². The number of ether oxygens (including phenoxy) is 1. The van der Waals surface area contributed by atoms with E-state index in [1.165, 1.54) is 4.31 Å². The molecule has 2 rings (SSSR count). The van der Waals surface area contributed by atoms with Crippen LogP contribution in [-0.2, 0) is 14.8 Å². The van der Waals surface area contributed by atoms with Gasteiger partial charge in [0.05, 0.1) is 11.0 Å². The van der Waals surface area contributed by atoms with Crippen LogP contribution in [0.2, 0.25) is 5.02 Å². The summed E-state index contributed by atoms with van der Waals surface area (Å²) in [4.78, 5) is 2.54. The van der Waals surface area contributed by atoms with E-state index in [2.05, 4.69) is 18.5 Å². The monoisotopic (exact) mass is 428 g/mol. The van der Waals surface area contributed by atoms with Crippen molar-refractivity contribution in [2.45, 2.75) is 55.6 Å². The van der Waals surface area contributed by atoms with Crippen molar-refractivity contribution in [2.75, 3.05) is 33.8 Å². The van der Waals surface area contributed by atoms with Gasteiger partial charge in [-0.2, -0.15) is 4.31 Å². The summed E-state index contributed by atoms with van der Waals surface area (Å²) in [7, 11) is 0.284. The van der Waals surface area contributed by atoms with E-state index in [0.717, 1.165) is 58.2 Å². The molecule has 0 atom stereocenters. The minimum atomic E-state index is -3.49. The van der Waals surface area contributed by atoms with Gasteiger partial charge >= 0.3 is 0 Å². The maximum absolute atomic E-state index is 12.8. The molecule has 5 nitrogen and oxygen atoms in total. The summed E-state index contributed by atoms with van der Waals surface area (Å²) < 4.78 is 33.2. The third-order valence-electron chi connectivity index (χ3n) is 5.38. The Morgan fingerprint density at radius 1 is 1.14 bits per heavy atom. The molecular weight excluding hydrogens is 396 g/mol. The summed E-state index contributed by atoms with van der Waals surface area (Å²) in [5.74, 6) is 0. The van der Waals surface area contributed by atoms with Gasteiger partial charge in [0, 0.05) is 31.3 Å². The van der Waals surface area contributed by atoms with Crippen LogP contribution in [0.25, 0.3) is 0 Å². The van der Waals surface area contributed by atoms with E-state index in [4.69, 9.17) is 16.3 Å². The number of benzene rings is 1. The summed E-state index contributed by atoms with van der Waals surface area (Å²) >= 11 is 5.87. The fourth-order valence-electron chi connectivity index (χ4n) is 3.59. The molecule has 0 saturated heterocycles. The van der Waals surface area contributed by atoms with E-state index < -0.39 is 10.0 Å². The van der Waals surface area contributed by atoms with Crippen LogP contribution in [-0.4, -0.2) is 63.6 Å². The number of unbranched alkanes of at least 4 members (excludes halogenated alkanes) is 1. The number of likely N-dealkylation sites (N-methyl/N-ethyl adjacent to an activating group) is 1. The number of hydrogen-bond donors (Lipinski definition) is 0. The Morgan fingerprint density at radius 2 is 1.79 bits per heavy atom. The van der Waals surface area contributed by atoms with Gasteiger partial charge in [-0.25, -0.2) is 8.42 Å². The zero-order chi connectivity index (χ0) is 20.6. The van der Waals surface area contributed by atoms with Crippen molar-refractivity contribution in [2.24, 2.45) is 0 Å². The van der Waals surface area contributed by atoms with Gasteiger partial charge in [0.1, 0.15) is 0 Å². The van der Waals surface area contributed by atoms with Crippen molar-refractivity contribution < 1.29 is 13.2 Å². The van der Waals surface area contributed by atoms with E-state index in [1.54, 1.807) is 31.3 Å². The minimum Gasteiger partial charge on any atom is -0.378 e. The Bertz CT molecular complexity index is 701. The predicted octanol–water partition coefficient (Wildman–Crippen LogP) is 4.19. The standard InChI is InChI=1S/C21H33ClN2O3S/c1-4-15-23(2)16-5-6-17-27-20-11-9-19(10-12-20)24(3)28(25,26)21-13-7-18(22)8-14-21/h4,7-8,13-14,19-20H,1,5-6,9-12,15-17H2,2-3H3/t19-,20-. The fourth-order valence-corrected chi connectivity index (χ4v) is 5.13. The van der Waals surface area contributed by atoms with Crippen LogP contribution in [0.1, 0.15) is 38.5 Å². The highest BCUT2D eigenvalue weighted by molar-refractivity contribution is 7.89. The Hall–Kier alpha value is -0.920. The summed E-state index contributed by atoms with van der Waals surface area (Å²) in [6, 6.07) is 6.38. The lowest BCUT2D eigenvalue weighted by molar-refractivity contribution is 0.0153. The molecule has 1 aromatic rings. The van der Waals surface area contributed by atoms with Gasteiger partial charge in [-0.15, -0.1) is 6.58 Å². The second-order valence-electron chi connectivity index (χ2n) is 7.53. The largest absolute Gasteiger partial charge is 0.378 e. The molecule has 1 fully saturated rings. The van der Waals surface area contributed by atoms with Crippen LogP contribution in [0, 0.1) is 0 Å². The van der Waals surface area contributed by atoms with E-state index >= 15 is 0 Å². The zero-order valence-corrected chi connectivity index (χ0v) is 18.6. The SMILES string of the molecule is C=CCN(C)CCCCO[C@H]1CC[C@H](N(C)S(=O)(=O)c2ccc(Cl)cc2)CC1. The fraction of sp³-hybridized carbons (Fsp3) is 0.619. The maximum Gasteiger partial charge on any atom is 0.243 e. The second-order valence-corrected chi connectivity index (χ2v) is 9.97. The lowest BCUT2D eigenvalue weighted by Crippen LogP contribution is -2.40. The molecule has 7 heteroatoms. The van der Waals surface area contributed by atoms with Crippen LogP contribution >= 0.6 is 11.6 Å². The van der Waals surface area contributed by atoms with Crippen molar-refractivity contribution >= 4 is 21.6 Å². The molecule has 0 radical (unpaired) electrons. The van der Waals surface area contributed by atoms with E-state index in [9.17, 15) is 8.42 Å². The first-order valence-electron chi connectivity index (χ1n) is 9.99. The van der Waals surface area contributed by atoms with Crippen LogP contribution in [0.4, 0.5) is 0 Å². The molecular formula is C21H33ClN2O3S. The second kappa shape index (κ2) is 11.3. The van der Waals surface area contributed by atoms with Crippen molar-refractivity contribution in [3.63, 3.8) is 0 Å². The third kappa shape index (κ3) is 6.85. The first kappa shape index (κ1) is 23.4. The molecule has 1 aliphatic carbocycles. The normalized spacial score (nSPS) is 20.6. The molecule has 0 aliphatic heterocycles. The minimum absolute atomic E-state index is 0.0214. The molecule has 0 heterocycles. The Balaban J connectivity index is 1.72. The Labute approximate surface area is 175 Å². The first-order valence-corrected chi connectivity index (χ1v) is 11.8. The van der Waals surface area contributed by atoms with Crippen molar-refractivity contribution in [1.29, 1.82) is 0 Å².